The number of benzene rings is 1. The fourth-order valence-electron chi connectivity index (χ4n) is 4.00. The van der Waals surface area contributed by atoms with Gasteiger partial charge < -0.3 is 10.2 Å². The van der Waals surface area contributed by atoms with Crippen LogP contribution in [0.3, 0.4) is 0 Å². The molecular formula is C16H23N3. The summed E-state index contributed by atoms with van der Waals surface area (Å²) in [6, 6.07) is 7.59. The number of hydrogen-bond acceptors (Lipinski definition) is 3. The molecule has 3 aliphatic rings. The first kappa shape index (κ1) is 11.6. The Morgan fingerprint density at radius 1 is 1.11 bits per heavy atom. The van der Waals surface area contributed by atoms with Crippen molar-refractivity contribution in [3.05, 3.63) is 23.8 Å². The molecule has 0 bridgehead atoms. The molecule has 2 saturated heterocycles. The van der Waals surface area contributed by atoms with Crippen LogP contribution in [0, 0.1) is 0 Å². The number of rotatable bonds is 1. The number of hydrogen-bond donors (Lipinski definition) is 1. The van der Waals surface area contributed by atoms with E-state index in [1.54, 1.807) is 5.56 Å². The van der Waals surface area contributed by atoms with E-state index in [0.29, 0.717) is 0 Å². The Morgan fingerprint density at radius 3 is 3.11 bits per heavy atom. The summed E-state index contributed by atoms with van der Waals surface area (Å²) >= 11 is 0. The highest BCUT2D eigenvalue weighted by Gasteiger charge is 2.31. The number of fused-ring (bicyclic) bond motifs is 2. The Labute approximate surface area is 115 Å². The minimum atomic E-state index is 0.807. The zero-order chi connectivity index (χ0) is 12.7. The second kappa shape index (κ2) is 4.71. The van der Waals surface area contributed by atoms with E-state index < -0.39 is 0 Å². The van der Waals surface area contributed by atoms with Gasteiger partial charge in [-0.25, -0.2) is 0 Å². The van der Waals surface area contributed by atoms with Crippen molar-refractivity contribution in [1.82, 2.24) is 4.90 Å². The molecule has 1 aromatic rings. The van der Waals surface area contributed by atoms with Gasteiger partial charge in [-0.3, -0.25) is 4.90 Å². The van der Waals surface area contributed by atoms with Gasteiger partial charge >= 0.3 is 0 Å². The molecule has 2 fully saturated rings. The number of piperazine rings is 1. The molecule has 3 aliphatic heterocycles. The Hall–Kier alpha value is -1.22. The lowest BCUT2D eigenvalue weighted by atomic mass is 9.99. The van der Waals surface area contributed by atoms with Crippen LogP contribution in [0.25, 0.3) is 0 Å². The highest BCUT2D eigenvalue weighted by atomic mass is 15.3. The summed E-state index contributed by atoms with van der Waals surface area (Å²) in [6.45, 7) is 6.14. The zero-order valence-corrected chi connectivity index (χ0v) is 11.6. The molecule has 1 N–H and O–H groups in total. The van der Waals surface area contributed by atoms with Gasteiger partial charge in [-0.1, -0.05) is 6.07 Å². The van der Waals surface area contributed by atoms with E-state index in [9.17, 15) is 0 Å². The fraction of sp³-hybridized carbons (Fsp3) is 0.625. The highest BCUT2D eigenvalue weighted by Crippen LogP contribution is 2.33. The van der Waals surface area contributed by atoms with E-state index in [2.05, 4.69) is 33.3 Å². The number of anilines is 2. The SMILES string of the molecule is c1cc2c(c(N3CCN4CCCC4C3)c1)CCCN2. The molecule has 0 aromatic heterocycles. The number of nitrogens with one attached hydrogen (secondary N) is 1. The summed E-state index contributed by atoms with van der Waals surface area (Å²) in [6.07, 6.45) is 5.30. The van der Waals surface area contributed by atoms with Crippen molar-refractivity contribution in [2.45, 2.75) is 31.7 Å². The molecule has 0 amide bonds. The van der Waals surface area contributed by atoms with E-state index in [0.717, 1.165) is 12.6 Å². The molecule has 4 rings (SSSR count). The van der Waals surface area contributed by atoms with Gasteiger partial charge in [0.05, 0.1) is 0 Å². The topological polar surface area (TPSA) is 18.5 Å². The van der Waals surface area contributed by atoms with Crippen LogP contribution >= 0.6 is 0 Å². The molecule has 0 saturated carbocycles. The molecule has 19 heavy (non-hydrogen) atoms. The van der Waals surface area contributed by atoms with E-state index >= 15 is 0 Å². The quantitative estimate of drug-likeness (QED) is 0.833. The van der Waals surface area contributed by atoms with Gasteiger partial charge in [-0.2, -0.15) is 0 Å². The van der Waals surface area contributed by atoms with Gasteiger partial charge in [-0.15, -0.1) is 0 Å². The monoisotopic (exact) mass is 257 g/mol. The average molecular weight is 257 g/mol. The Bertz CT molecular complexity index is 471. The lowest BCUT2D eigenvalue weighted by Gasteiger charge is -2.40. The largest absolute Gasteiger partial charge is 0.385 e. The van der Waals surface area contributed by atoms with E-state index in [4.69, 9.17) is 0 Å². The maximum atomic E-state index is 3.55. The minimum absolute atomic E-state index is 0.807. The van der Waals surface area contributed by atoms with E-state index in [-0.39, 0.29) is 0 Å². The summed E-state index contributed by atoms with van der Waals surface area (Å²) in [5.41, 5.74) is 4.43. The Balaban J connectivity index is 1.62. The molecular weight excluding hydrogens is 234 g/mol. The van der Waals surface area contributed by atoms with Crippen LogP contribution in [0.4, 0.5) is 11.4 Å². The summed E-state index contributed by atoms with van der Waals surface area (Å²) < 4.78 is 0. The predicted molar refractivity (Wildman–Crippen MR) is 80.1 cm³/mol. The molecule has 1 atom stereocenters. The normalized spacial score (nSPS) is 26.7. The first-order valence-corrected chi connectivity index (χ1v) is 7.76. The van der Waals surface area contributed by atoms with Crippen LogP contribution in [0.15, 0.2) is 18.2 Å². The molecule has 3 nitrogen and oxygen atoms in total. The Morgan fingerprint density at radius 2 is 2.11 bits per heavy atom. The maximum Gasteiger partial charge on any atom is 0.0420 e. The zero-order valence-electron chi connectivity index (χ0n) is 11.6. The molecule has 102 valence electrons. The minimum Gasteiger partial charge on any atom is -0.385 e. The van der Waals surface area contributed by atoms with Gasteiger partial charge in [0.2, 0.25) is 0 Å². The lowest BCUT2D eigenvalue weighted by molar-refractivity contribution is 0.231. The molecule has 1 unspecified atom stereocenters. The summed E-state index contributed by atoms with van der Waals surface area (Å²) in [4.78, 5) is 5.32. The third kappa shape index (κ3) is 2.00. The molecule has 3 heterocycles. The van der Waals surface area contributed by atoms with Crippen molar-refractivity contribution in [3.63, 3.8) is 0 Å². The van der Waals surface area contributed by atoms with Crippen molar-refractivity contribution in [3.8, 4) is 0 Å². The molecule has 3 heteroatoms. The van der Waals surface area contributed by atoms with Gasteiger partial charge in [0, 0.05) is 43.6 Å². The molecule has 0 aliphatic carbocycles. The first-order chi connectivity index (χ1) is 9.42. The van der Waals surface area contributed by atoms with Crippen molar-refractivity contribution in [2.75, 3.05) is 42.9 Å². The van der Waals surface area contributed by atoms with Crippen molar-refractivity contribution in [2.24, 2.45) is 0 Å². The van der Waals surface area contributed by atoms with Crippen LogP contribution in [0.2, 0.25) is 0 Å². The number of nitrogens with zero attached hydrogens (tertiary/aromatic N) is 2. The van der Waals surface area contributed by atoms with Crippen LogP contribution in [-0.2, 0) is 6.42 Å². The van der Waals surface area contributed by atoms with Crippen LogP contribution < -0.4 is 10.2 Å². The van der Waals surface area contributed by atoms with E-state index in [1.165, 1.54) is 63.2 Å². The summed E-state index contributed by atoms with van der Waals surface area (Å²) in [5, 5.41) is 3.55. The van der Waals surface area contributed by atoms with Crippen LogP contribution in [0.5, 0.6) is 0 Å². The van der Waals surface area contributed by atoms with Crippen LogP contribution in [0.1, 0.15) is 24.8 Å². The lowest BCUT2D eigenvalue weighted by Crippen LogP contribution is -2.50. The maximum absolute atomic E-state index is 3.55. The second-order valence-corrected chi connectivity index (χ2v) is 6.11. The van der Waals surface area contributed by atoms with Crippen molar-refractivity contribution < 1.29 is 0 Å². The smallest absolute Gasteiger partial charge is 0.0420 e. The van der Waals surface area contributed by atoms with Crippen molar-refractivity contribution >= 4 is 11.4 Å². The fourth-order valence-corrected chi connectivity index (χ4v) is 4.00. The Kier molecular flexibility index (Phi) is 2.87. The predicted octanol–water partition coefficient (Wildman–Crippen LogP) is 2.33. The average Bonchev–Trinajstić information content (AvgIpc) is 2.94. The van der Waals surface area contributed by atoms with E-state index in [1.807, 2.05) is 0 Å². The van der Waals surface area contributed by atoms with Gasteiger partial charge in [0.25, 0.3) is 0 Å². The highest BCUT2D eigenvalue weighted by molar-refractivity contribution is 5.68. The van der Waals surface area contributed by atoms with Gasteiger partial charge in [0.1, 0.15) is 0 Å². The summed E-state index contributed by atoms with van der Waals surface area (Å²) in [7, 11) is 0. The van der Waals surface area contributed by atoms with Crippen molar-refractivity contribution in [1.29, 1.82) is 0 Å². The molecule has 0 spiro atoms. The molecule has 0 radical (unpaired) electrons. The van der Waals surface area contributed by atoms with Crippen LogP contribution in [-0.4, -0.2) is 43.7 Å². The standard InChI is InChI=1S/C16H23N3/c1-6-15-14(5-2-8-17-15)16(7-1)19-11-10-18-9-3-4-13(18)12-19/h1,6-7,13,17H,2-5,8-12H2. The third-order valence-electron chi connectivity index (χ3n) is 5.00. The van der Waals surface area contributed by atoms with Gasteiger partial charge in [-0.05, 0) is 49.9 Å². The second-order valence-electron chi connectivity index (χ2n) is 6.11. The third-order valence-corrected chi connectivity index (χ3v) is 5.00. The molecule has 1 aromatic carbocycles. The summed E-state index contributed by atoms with van der Waals surface area (Å²) in [5.74, 6) is 0. The first-order valence-electron chi connectivity index (χ1n) is 7.76. The van der Waals surface area contributed by atoms with Gasteiger partial charge in [0.15, 0.2) is 0 Å².